The second-order valence-corrected chi connectivity index (χ2v) is 5.35. The standard InChI is InChI=1S/C15H17NO4/c17-14(16-8-12-2-1-5-19-12)9-20-15(18)13-7-10-3-4-11(13)6-10/h1-5,10-11,13H,6-9H2,(H,16,17)/t10-,11-,13+/m0/s1. The van der Waals surface area contributed by atoms with Crippen molar-refractivity contribution in [1.29, 1.82) is 0 Å². The molecule has 5 nitrogen and oxygen atoms in total. The number of hydrogen-bond acceptors (Lipinski definition) is 4. The van der Waals surface area contributed by atoms with E-state index in [1.807, 2.05) is 0 Å². The van der Waals surface area contributed by atoms with Crippen LogP contribution in [-0.4, -0.2) is 18.5 Å². The lowest BCUT2D eigenvalue weighted by Crippen LogP contribution is -2.30. The number of amides is 1. The van der Waals surface area contributed by atoms with E-state index in [4.69, 9.17) is 9.15 Å². The lowest BCUT2D eigenvalue weighted by molar-refractivity contribution is -0.153. The number of esters is 1. The fourth-order valence-corrected chi connectivity index (χ4v) is 2.95. The molecular weight excluding hydrogens is 258 g/mol. The maximum atomic E-state index is 11.9. The molecule has 3 atom stereocenters. The third kappa shape index (κ3) is 2.76. The van der Waals surface area contributed by atoms with Gasteiger partial charge in [-0.3, -0.25) is 9.59 Å². The van der Waals surface area contributed by atoms with Gasteiger partial charge in [0.2, 0.25) is 0 Å². The van der Waals surface area contributed by atoms with Gasteiger partial charge in [-0.2, -0.15) is 0 Å². The Hall–Kier alpha value is -2.04. The van der Waals surface area contributed by atoms with Crippen molar-refractivity contribution in [3.05, 3.63) is 36.3 Å². The van der Waals surface area contributed by atoms with E-state index in [0.717, 1.165) is 12.8 Å². The minimum absolute atomic E-state index is 0.0668. The van der Waals surface area contributed by atoms with Crippen molar-refractivity contribution in [1.82, 2.24) is 5.32 Å². The second kappa shape index (κ2) is 5.53. The van der Waals surface area contributed by atoms with E-state index in [-0.39, 0.29) is 24.4 Å². The van der Waals surface area contributed by atoms with Crippen LogP contribution < -0.4 is 5.32 Å². The molecule has 0 unspecified atom stereocenters. The van der Waals surface area contributed by atoms with Gasteiger partial charge in [-0.25, -0.2) is 0 Å². The third-order valence-corrected chi connectivity index (χ3v) is 3.97. The van der Waals surface area contributed by atoms with Crippen molar-refractivity contribution in [3.63, 3.8) is 0 Å². The zero-order chi connectivity index (χ0) is 13.9. The van der Waals surface area contributed by atoms with E-state index in [0.29, 0.717) is 24.1 Å². The number of nitrogens with one attached hydrogen (secondary N) is 1. The summed E-state index contributed by atoms with van der Waals surface area (Å²) in [5.74, 6) is 0.859. The summed E-state index contributed by atoms with van der Waals surface area (Å²) in [6.45, 7) is 0.0807. The highest BCUT2D eigenvalue weighted by Gasteiger charge is 2.40. The highest BCUT2D eigenvalue weighted by Crippen LogP contribution is 2.43. The molecule has 0 aliphatic heterocycles. The van der Waals surface area contributed by atoms with Gasteiger partial charge in [0.1, 0.15) is 5.76 Å². The molecular formula is C15H17NO4. The molecule has 106 valence electrons. The quantitative estimate of drug-likeness (QED) is 0.655. The summed E-state index contributed by atoms with van der Waals surface area (Å²) in [5, 5.41) is 2.64. The van der Waals surface area contributed by atoms with Crippen molar-refractivity contribution < 1.29 is 18.7 Å². The number of fused-ring (bicyclic) bond motifs is 2. The molecule has 20 heavy (non-hydrogen) atoms. The first-order valence-electron chi connectivity index (χ1n) is 6.86. The summed E-state index contributed by atoms with van der Waals surface area (Å²) >= 11 is 0. The maximum Gasteiger partial charge on any atom is 0.310 e. The van der Waals surface area contributed by atoms with Crippen LogP contribution in [0, 0.1) is 17.8 Å². The van der Waals surface area contributed by atoms with Gasteiger partial charge in [0.15, 0.2) is 6.61 Å². The molecule has 1 aromatic rings. The van der Waals surface area contributed by atoms with Gasteiger partial charge >= 0.3 is 5.97 Å². The molecule has 0 saturated heterocycles. The summed E-state index contributed by atoms with van der Waals surface area (Å²) in [4.78, 5) is 23.5. The maximum absolute atomic E-state index is 11.9. The average Bonchev–Trinajstić information content (AvgIpc) is 3.18. The van der Waals surface area contributed by atoms with Crippen molar-refractivity contribution in [2.75, 3.05) is 6.61 Å². The average molecular weight is 275 g/mol. The Labute approximate surface area is 117 Å². The van der Waals surface area contributed by atoms with Crippen LogP contribution in [0.4, 0.5) is 0 Å². The third-order valence-electron chi connectivity index (χ3n) is 3.97. The van der Waals surface area contributed by atoms with Crippen LogP contribution >= 0.6 is 0 Å². The molecule has 1 aromatic heterocycles. The van der Waals surface area contributed by atoms with Gasteiger partial charge in [-0.1, -0.05) is 12.2 Å². The van der Waals surface area contributed by atoms with Crippen LogP contribution in [-0.2, 0) is 20.9 Å². The minimum atomic E-state index is -0.312. The van der Waals surface area contributed by atoms with E-state index >= 15 is 0 Å². The summed E-state index contributed by atoms with van der Waals surface area (Å²) in [6.07, 6.45) is 7.71. The van der Waals surface area contributed by atoms with E-state index in [2.05, 4.69) is 17.5 Å². The largest absolute Gasteiger partial charge is 0.467 e. The van der Waals surface area contributed by atoms with Crippen molar-refractivity contribution in [2.24, 2.45) is 17.8 Å². The molecule has 1 heterocycles. The number of hydrogen-bond donors (Lipinski definition) is 1. The van der Waals surface area contributed by atoms with Crippen molar-refractivity contribution in [2.45, 2.75) is 19.4 Å². The fourth-order valence-electron chi connectivity index (χ4n) is 2.95. The molecule has 0 radical (unpaired) electrons. The minimum Gasteiger partial charge on any atom is -0.467 e. The monoisotopic (exact) mass is 275 g/mol. The summed E-state index contributed by atoms with van der Waals surface area (Å²) in [7, 11) is 0. The van der Waals surface area contributed by atoms with Crippen LogP contribution in [0.3, 0.4) is 0 Å². The number of allylic oxidation sites excluding steroid dienone is 2. The van der Waals surface area contributed by atoms with Gasteiger partial charge in [0, 0.05) is 0 Å². The number of carbonyl (C=O) groups is 2. The second-order valence-electron chi connectivity index (χ2n) is 5.35. The summed E-state index contributed by atoms with van der Waals surface area (Å²) in [5.41, 5.74) is 0. The lowest BCUT2D eigenvalue weighted by Gasteiger charge is -2.16. The zero-order valence-corrected chi connectivity index (χ0v) is 11.1. The summed E-state index contributed by atoms with van der Waals surface area (Å²) in [6, 6.07) is 3.53. The van der Waals surface area contributed by atoms with Gasteiger partial charge in [-0.15, -0.1) is 0 Å². The number of carbonyl (C=O) groups excluding carboxylic acids is 2. The first-order chi connectivity index (χ1) is 9.72. The Morgan fingerprint density at radius 1 is 1.35 bits per heavy atom. The molecule has 2 aliphatic rings. The zero-order valence-electron chi connectivity index (χ0n) is 11.1. The molecule has 0 spiro atoms. The predicted molar refractivity (Wildman–Crippen MR) is 70.4 cm³/mol. The van der Waals surface area contributed by atoms with Crippen LogP contribution in [0.15, 0.2) is 35.0 Å². The van der Waals surface area contributed by atoms with Crippen LogP contribution in [0.5, 0.6) is 0 Å². The van der Waals surface area contributed by atoms with E-state index in [1.165, 1.54) is 0 Å². The van der Waals surface area contributed by atoms with Crippen molar-refractivity contribution >= 4 is 11.9 Å². The molecule has 1 amide bonds. The van der Waals surface area contributed by atoms with E-state index in [1.54, 1.807) is 18.4 Å². The molecule has 1 saturated carbocycles. The smallest absolute Gasteiger partial charge is 0.310 e. The highest BCUT2D eigenvalue weighted by atomic mass is 16.5. The van der Waals surface area contributed by atoms with Gasteiger partial charge in [-0.05, 0) is 36.8 Å². The fraction of sp³-hybridized carbons (Fsp3) is 0.467. The first kappa shape index (κ1) is 13.0. The highest BCUT2D eigenvalue weighted by molar-refractivity contribution is 5.81. The van der Waals surface area contributed by atoms with E-state index < -0.39 is 0 Å². The number of ether oxygens (including phenoxy) is 1. The van der Waals surface area contributed by atoms with Crippen molar-refractivity contribution in [3.8, 4) is 0 Å². The van der Waals surface area contributed by atoms with Crippen LogP contribution in [0.2, 0.25) is 0 Å². The van der Waals surface area contributed by atoms with Crippen LogP contribution in [0.25, 0.3) is 0 Å². The number of rotatable bonds is 5. The Morgan fingerprint density at radius 3 is 2.90 bits per heavy atom. The Bertz CT molecular complexity index is 520. The molecule has 2 aliphatic carbocycles. The molecule has 0 aromatic carbocycles. The van der Waals surface area contributed by atoms with Gasteiger partial charge in [0.25, 0.3) is 5.91 Å². The topological polar surface area (TPSA) is 68.5 Å². The molecule has 1 fully saturated rings. The Morgan fingerprint density at radius 2 is 2.25 bits per heavy atom. The van der Waals surface area contributed by atoms with Crippen LogP contribution in [0.1, 0.15) is 18.6 Å². The lowest BCUT2D eigenvalue weighted by atomic mass is 9.94. The Kier molecular flexibility index (Phi) is 3.58. The number of furan rings is 1. The molecule has 2 bridgehead atoms. The molecule has 3 rings (SSSR count). The Balaban J connectivity index is 1.39. The summed E-state index contributed by atoms with van der Waals surface area (Å²) < 4.78 is 10.2. The normalized spacial score (nSPS) is 26.7. The first-order valence-corrected chi connectivity index (χ1v) is 6.86. The van der Waals surface area contributed by atoms with E-state index in [9.17, 15) is 9.59 Å². The molecule has 1 N–H and O–H groups in total. The molecule has 5 heteroatoms. The predicted octanol–water partition coefficient (Wildman–Crippen LogP) is 1.65. The van der Waals surface area contributed by atoms with Gasteiger partial charge < -0.3 is 14.5 Å². The van der Waals surface area contributed by atoms with Gasteiger partial charge in [0.05, 0.1) is 18.7 Å². The SMILES string of the molecule is O=C(COC(=O)[C@@H]1C[C@H]2C=C[C@H]1C2)NCc1ccco1.